The molecule has 15 heavy (non-hydrogen) atoms. The summed E-state index contributed by atoms with van der Waals surface area (Å²) < 4.78 is 0. The van der Waals surface area contributed by atoms with Crippen molar-refractivity contribution in [3.05, 3.63) is 11.6 Å². The summed E-state index contributed by atoms with van der Waals surface area (Å²) in [4.78, 5) is 0. The second kappa shape index (κ2) is 3.47. The lowest BCUT2D eigenvalue weighted by Gasteiger charge is -2.49. The van der Waals surface area contributed by atoms with Crippen molar-refractivity contribution in [3.8, 4) is 0 Å². The molecule has 4 unspecified atom stereocenters. The zero-order valence-corrected chi connectivity index (χ0v) is 9.63. The standard InChI is InChI=1S/C14H21N/c1-9-8-13(15)12-7-3-5-10-4-2-6-11(9)14(10)12/h8,10-12,14-15H,2-7H2,1H3. The molecule has 0 heterocycles. The lowest BCUT2D eigenvalue weighted by atomic mass is 9.56. The van der Waals surface area contributed by atoms with E-state index in [-0.39, 0.29) is 0 Å². The Bertz CT molecular complexity index is 313. The van der Waals surface area contributed by atoms with Gasteiger partial charge in [-0.25, -0.2) is 0 Å². The first-order chi connectivity index (χ1) is 7.27. The second-order valence-electron chi connectivity index (χ2n) is 5.76. The SMILES string of the molecule is CC1=CC(=N)C2CCCC3CCCC1C32. The van der Waals surface area contributed by atoms with Crippen molar-refractivity contribution in [3.63, 3.8) is 0 Å². The van der Waals surface area contributed by atoms with Gasteiger partial charge in [0.2, 0.25) is 0 Å². The highest BCUT2D eigenvalue weighted by Crippen LogP contribution is 2.51. The largest absolute Gasteiger partial charge is 0.305 e. The van der Waals surface area contributed by atoms with Gasteiger partial charge in [0.1, 0.15) is 0 Å². The zero-order chi connectivity index (χ0) is 10.4. The maximum atomic E-state index is 8.15. The summed E-state index contributed by atoms with van der Waals surface area (Å²) in [6.45, 7) is 2.26. The highest BCUT2D eigenvalue weighted by molar-refractivity contribution is 5.96. The lowest BCUT2D eigenvalue weighted by molar-refractivity contribution is 0.0910. The molecule has 1 heteroatoms. The molecule has 82 valence electrons. The van der Waals surface area contributed by atoms with Crippen LogP contribution in [0.25, 0.3) is 0 Å². The first kappa shape index (κ1) is 9.62. The van der Waals surface area contributed by atoms with Gasteiger partial charge < -0.3 is 5.41 Å². The molecule has 3 rings (SSSR count). The van der Waals surface area contributed by atoms with Crippen LogP contribution in [0, 0.1) is 29.1 Å². The van der Waals surface area contributed by atoms with E-state index in [2.05, 4.69) is 13.0 Å². The lowest BCUT2D eigenvalue weighted by Crippen LogP contribution is -2.43. The Kier molecular flexibility index (Phi) is 2.22. The minimum atomic E-state index is 0.623. The molecule has 0 radical (unpaired) electrons. The fourth-order valence-electron chi connectivity index (χ4n) is 4.40. The molecule has 4 atom stereocenters. The minimum Gasteiger partial charge on any atom is -0.305 e. The third-order valence-electron chi connectivity index (χ3n) is 5.02. The summed E-state index contributed by atoms with van der Waals surface area (Å²) in [6.07, 6.45) is 10.6. The molecule has 0 amide bonds. The molecule has 0 aromatic rings. The molecule has 3 aliphatic carbocycles. The van der Waals surface area contributed by atoms with Crippen LogP contribution in [0.1, 0.15) is 45.4 Å². The van der Waals surface area contributed by atoms with Gasteiger partial charge in [-0.15, -0.1) is 0 Å². The Labute approximate surface area is 92.5 Å². The van der Waals surface area contributed by atoms with Gasteiger partial charge in [0.15, 0.2) is 0 Å². The molecule has 0 aromatic carbocycles. The van der Waals surface area contributed by atoms with Crippen molar-refractivity contribution in [2.24, 2.45) is 23.7 Å². The minimum absolute atomic E-state index is 0.623. The smallest absolute Gasteiger partial charge is 0.0347 e. The summed E-state index contributed by atoms with van der Waals surface area (Å²) in [5, 5.41) is 8.15. The van der Waals surface area contributed by atoms with Crippen LogP contribution < -0.4 is 0 Å². The molecule has 0 spiro atoms. The van der Waals surface area contributed by atoms with Crippen molar-refractivity contribution in [1.82, 2.24) is 0 Å². The van der Waals surface area contributed by atoms with E-state index < -0.39 is 0 Å². The number of nitrogens with one attached hydrogen (secondary N) is 1. The van der Waals surface area contributed by atoms with Crippen LogP contribution in [0.15, 0.2) is 11.6 Å². The van der Waals surface area contributed by atoms with E-state index in [9.17, 15) is 0 Å². The molecule has 0 saturated heterocycles. The molecule has 3 aliphatic rings. The predicted octanol–water partition coefficient (Wildman–Crippen LogP) is 3.80. The van der Waals surface area contributed by atoms with Gasteiger partial charge in [-0.05, 0) is 43.6 Å². The van der Waals surface area contributed by atoms with Gasteiger partial charge >= 0.3 is 0 Å². The monoisotopic (exact) mass is 203 g/mol. The van der Waals surface area contributed by atoms with Crippen molar-refractivity contribution in [2.75, 3.05) is 0 Å². The van der Waals surface area contributed by atoms with Gasteiger partial charge in [-0.3, -0.25) is 0 Å². The summed E-state index contributed by atoms with van der Waals surface area (Å²) in [6, 6.07) is 0. The summed E-state index contributed by atoms with van der Waals surface area (Å²) in [5.41, 5.74) is 2.45. The molecule has 2 saturated carbocycles. The fraction of sp³-hybridized carbons (Fsp3) is 0.786. The van der Waals surface area contributed by atoms with E-state index in [4.69, 9.17) is 5.41 Å². The van der Waals surface area contributed by atoms with Crippen LogP contribution in [-0.2, 0) is 0 Å². The molecule has 0 aromatic heterocycles. The average Bonchev–Trinajstić information content (AvgIpc) is 2.25. The Morgan fingerprint density at radius 1 is 1.07 bits per heavy atom. The molecule has 2 fully saturated rings. The van der Waals surface area contributed by atoms with Gasteiger partial charge in [0.25, 0.3) is 0 Å². The first-order valence-corrected chi connectivity index (χ1v) is 6.54. The second-order valence-corrected chi connectivity index (χ2v) is 5.76. The van der Waals surface area contributed by atoms with E-state index in [1.54, 1.807) is 0 Å². The van der Waals surface area contributed by atoms with E-state index in [0.717, 1.165) is 23.5 Å². The van der Waals surface area contributed by atoms with Gasteiger partial charge in [0.05, 0.1) is 0 Å². The number of allylic oxidation sites excluding steroid dienone is 2. The highest BCUT2D eigenvalue weighted by Gasteiger charge is 2.44. The quantitative estimate of drug-likeness (QED) is 0.619. The Morgan fingerprint density at radius 2 is 1.73 bits per heavy atom. The van der Waals surface area contributed by atoms with Crippen LogP contribution in [0.3, 0.4) is 0 Å². The topological polar surface area (TPSA) is 23.9 Å². The van der Waals surface area contributed by atoms with E-state index in [0.29, 0.717) is 5.92 Å². The Hall–Kier alpha value is -0.590. The van der Waals surface area contributed by atoms with Gasteiger partial charge in [-0.2, -0.15) is 0 Å². The van der Waals surface area contributed by atoms with Crippen LogP contribution in [-0.4, -0.2) is 5.71 Å². The number of rotatable bonds is 0. The number of hydrogen-bond donors (Lipinski definition) is 1. The van der Waals surface area contributed by atoms with E-state index in [1.165, 1.54) is 44.1 Å². The van der Waals surface area contributed by atoms with Crippen LogP contribution >= 0.6 is 0 Å². The van der Waals surface area contributed by atoms with E-state index >= 15 is 0 Å². The summed E-state index contributed by atoms with van der Waals surface area (Å²) in [7, 11) is 0. The molecule has 1 nitrogen and oxygen atoms in total. The highest BCUT2D eigenvalue weighted by atomic mass is 14.5. The van der Waals surface area contributed by atoms with Crippen molar-refractivity contribution in [2.45, 2.75) is 45.4 Å². The van der Waals surface area contributed by atoms with Crippen LogP contribution in [0.4, 0.5) is 0 Å². The first-order valence-electron chi connectivity index (χ1n) is 6.54. The average molecular weight is 203 g/mol. The van der Waals surface area contributed by atoms with Gasteiger partial charge in [-0.1, -0.05) is 31.3 Å². The molecular formula is C14H21N. The third-order valence-corrected chi connectivity index (χ3v) is 5.02. The summed E-state index contributed by atoms with van der Waals surface area (Å²) >= 11 is 0. The maximum absolute atomic E-state index is 8.15. The number of hydrogen-bond acceptors (Lipinski definition) is 1. The van der Waals surface area contributed by atoms with Gasteiger partial charge in [0, 0.05) is 11.6 Å². The normalized spacial score (nSPS) is 44.6. The summed E-state index contributed by atoms with van der Waals surface area (Å²) in [5.74, 6) is 3.26. The zero-order valence-electron chi connectivity index (χ0n) is 9.63. The van der Waals surface area contributed by atoms with Crippen LogP contribution in [0.5, 0.6) is 0 Å². The van der Waals surface area contributed by atoms with Crippen molar-refractivity contribution in [1.29, 1.82) is 5.41 Å². The van der Waals surface area contributed by atoms with Crippen molar-refractivity contribution < 1.29 is 0 Å². The fourth-order valence-corrected chi connectivity index (χ4v) is 4.40. The molecular weight excluding hydrogens is 182 g/mol. The Balaban J connectivity index is 1.99. The third kappa shape index (κ3) is 1.39. The maximum Gasteiger partial charge on any atom is 0.0347 e. The van der Waals surface area contributed by atoms with Crippen LogP contribution in [0.2, 0.25) is 0 Å². The molecule has 0 bridgehead atoms. The molecule has 0 aliphatic heterocycles. The van der Waals surface area contributed by atoms with Crippen molar-refractivity contribution >= 4 is 5.71 Å². The van der Waals surface area contributed by atoms with E-state index in [1.807, 2.05) is 0 Å². The Morgan fingerprint density at radius 3 is 2.47 bits per heavy atom. The predicted molar refractivity (Wildman–Crippen MR) is 63.1 cm³/mol. The molecule has 1 N–H and O–H groups in total.